The van der Waals surface area contributed by atoms with Crippen LogP contribution in [0.5, 0.6) is 0 Å². The standard InChI is InChI=1S/C26H36ClNO7S/c1-33-24(30)6-4-5-18-8-13-22-21(16-29)23(35-25-7-2-3-14-34-25)15-26(18,22)17-28-36(31,32)20-11-9-19(27)10-12-20/h5,9-12,21-23,25,28-29H,2-4,6-8,13-17H2,1H3/t21-,22-,23-,25?,26+/m1/s1. The lowest BCUT2D eigenvalue weighted by molar-refractivity contribution is -0.198. The van der Waals surface area contributed by atoms with Crippen molar-refractivity contribution in [1.82, 2.24) is 4.72 Å². The van der Waals surface area contributed by atoms with Crippen LogP contribution in [0, 0.1) is 17.3 Å². The van der Waals surface area contributed by atoms with Gasteiger partial charge in [-0.25, -0.2) is 13.1 Å². The van der Waals surface area contributed by atoms with Crippen LogP contribution in [-0.4, -0.2) is 58.8 Å². The van der Waals surface area contributed by atoms with Gasteiger partial charge < -0.3 is 19.3 Å². The van der Waals surface area contributed by atoms with Crippen molar-refractivity contribution in [3.8, 4) is 0 Å². The monoisotopic (exact) mass is 541 g/mol. The first-order chi connectivity index (χ1) is 17.3. The van der Waals surface area contributed by atoms with Gasteiger partial charge in [0.25, 0.3) is 0 Å². The Hall–Kier alpha value is -1.49. The zero-order valence-electron chi connectivity index (χ0n) is 20.7. The highest BCUT2D eigenvalue weighted by molar-refractivity contribution is 7.89. The fraction of sp³-hybridized carbons (Fsp3) is 0.654. The molecule has 1 unspecified atom stereocenters. The maximum absolute atomic E-state index is 13.1. The third kappa shape index (κ3) is 5.97. The number of esters is 1. The summed E-state index contributed by atoms with van der Waals surface area (Å²) < 4.78 is 46.1. The van der Waals surface area contributed by atoms with Crippen LogP contribution in [-0.2, 0) is 29.0 Å². The second-order valence-corrected chi connectivity index (χ2v) is 12.1. The summed E-state index contributed by atoms with van der Waals surface area (Å²) >= 11 is 5.94. The molecule has 3 aliphatic rings. The van der Waals surface area contributed by atoms with E-state index in [1.807, 2.05) is 0 Å². The van der Waals surface area contributed by atoms with E-state index in [-0.39, 0.29) is 54.7 Å². The smallest absolute Gasteiger partial charge is 0.305 e. The van der Waals surface area contributed by atoms with Crippen molar-refractivity contribution in [3.05, 3.63) is 40.9 Å². The first-order valence-corrected chi connectivity index (χ1v) is 14.5. The summed E-state index contributed by atoms with van der Waals surface area (Å²) in [6, 6.07) is 6.07. The number of halogens is 1. The zero-order valence-corrected chi connectivity index (χ0v) is 22.2. The number of hydrogen-bond acceptors (Lipinski definition) is 7. The highest BCUT2D eigenvalue weighted by atomic mass is 35.5. The Labute approximate surface area is 218 Å². The highest BCUT2D eigenvalue weighted by Crippen LogP contribution is 2.60. The predicted octanol–water partition coefficient (Wildman–Crippen LogP) is 3.82. The molecule has 1 aliphatic heterocycles. The molecule has 0 aromatic heterocycles. The van der Waals surface area contributed by atoms with Crippen LogP contribution < -0.4 is 4.72 Å². The summed E-state index contributed by atoms with van der Waals surface area (Å²) in [5.41, 5.74) is 0.604. The van der Waals surface area contributed by atoms with Crippen molar-refractivity contribution in [2.75, 3.05) is 26.9 Å². The molecule has 1 heterocycles. The molecule has 3 fully saturated rings. The molecule has 0 amide bonds. The molecule has 2 saturated carbocycles. The van der Waals surface area contributed by atoms with Crippen LogP contribution in [0.15, 0.2) is 40.8 Å². The second kappa shape index (κ2) is 11.9. The van der Waals surface area contributed by atoms with Crippen molar-refractivity contribution in [2.45, 2.75) is 68.7 Å². The Morgan fingerprint density at radius 2 is 2.06 bits per heavy atom. The van der Waals surface area contributed by atoms with E-state index in [0.717, 1.165) is 37.7 Å². The molecule has 200 valence electrons. The minimum absolute atomic E-state index is 0.0385. The lowest BCUT2D eigenvalue weighted by atomic mass is 9.75. The van der Waals surface area contributed by atoms with Gasteiger partial charge in [0.05, 0.1) is 18.1 Å². The largest absolute Gasteiger partial charge is 0.469 e. The fourth-order valence-corrected chi connectivity index (χ4v) is 7.40. The number of aliphatic hydroxyl groups excluding tert-OH is 1. The third-order valence-corrected chi connectivity index (χ3v) is 9.65. The fourth-order valence-electron chi connectivity index (χ4n) is 6.17. The Kier molecular flexibility index (Phi) is 9.12. The topological polar surface area (TPSA) is 111 Å². The predicted molar refractivity (Wildman–Crippen MR) is 135 cm³/mol. The van der Waals surface area contributed by atoms with E-state index >= 15 is 0 Å². The second-order valence-electron chi connectivity index (χ2n) is 9.95. The van der Waals surface area contributed by atoms with Gasteiger partial charge in [-0.3, -0.25) is 4.79 Å². The highest BCUT2D eigenvalue weighted by Gasteiger charge is 2.58. The molecule has 36 heavy (non-hydrogen) atoms. The van der Waals surface area contributed by atoms with Crippen LogP contribution in [0.3, 0.4) is 0 Å². The van der Waals surface area contributed by atoms with Gasteiger partial charge in [0, 0.05) is 42.5 Å². The number of sulfonamides is 1. The normalized spacial score (nSPS) is 31.5. The molecule has 4 rings (SSSR count). The number of rotatable bonds is 10. The molecule has 2 N–H and O–H groups in total. The van der Waals surface area contributed by atoms with Gasteiger partial charge >= 0.3 is 5.97 Å². The van der Waals surface area contributed by atoms with Gasteiger partial charge in [0.2, 0.25) is 10.0 Å². The van der Waals surface area contributed by atoms with Crippen LogP contribution >= 0.6 is 11.6 Å². The number of benzene rings is 1. The summed E-state index contributed by atoms with van der Waals surface area (Å²) in [4.78, 5) is 11.8. The van der Waals surface area contributed by atoms with E-state index < -0.39 is 15.4 Å². The zero-order chi connectivity index (χ0) is 25.8. The average molecular weight is 542 g/mol. The molecule has 1 aromatic rings. The van der Waals surface area contributed by atoms with E-state index in [1.54, 1.807) is 12.1 Å². The number of nitrogens with one attached hydrogen (secondary N) is 1. The van der Waals surface area contributed by atoms with Crippen molar-refractivity contribution in [2.24, 2.45) is 17.3 Å². The Balaban J connectivity index is 1.59. The maximum Gasteiger partial charge on any atom is 0.305 e. The molecular weight excluding hydrogens is 506 g/mol. The molecule has 5 atom stereocenters. The number of fused-ring (bicyclic) bond motifs is 1. The number of methoxy groups -OCH3 is 1. The third-order valence-electron chi connectivity index (χ3n) is 7.98. The Bertz CT molecular complexity index is 1040. The van der Waals surface area contributed by atoms with Gasteiger partial charge in [-0.2, -0.15) is 0 Å². The van der Waals surface area contributed by atoms with Crippen LogP contribution in [0.2, 0.25) is 5.02 Å². The molecule has 0 radical (unpaired) electrons. The van der Waals surface area contributed by atoms with Crippen LogP contribution in [0.1, 0.15) is 51.4 Å². The van der Waals surface area contributed by atoms with Crippen molar-refractivity contribution < 1.29 is 32.5 Å². The SMILES string of the molecule is COC(=O)CCC=C1CC[C@@H]2[C@@H](CO)[C@H](OC3CCCCO3)C[C@]12CNS(=O)(=O)c1ccc(Cl)cc1. The summed E-state index contributed by atoms with van der Waals surface area (Å²) in [5.74, 6) is -0.357. The molecule has 1 aromatic carbocycles. The number of aliphatic hydroxyl groups is 1. The van der Waals surface area contributed by atoms with E-state index in [9.17, 15) is 18.3 Å². The Morgan fingerprint density at radius 3 is 2.72 bits per heavy atom. The van der Waals surface area contributed by atoms with Gasteiger partial charge in [-0.1, -0.05) is 23.3 Å². The molecule has 8 nitrogen and oxygen atoms in total. The minimum Gasteiger partial charge on any atom is -0.469 e. The first-order valence-electron chi connectivity index (χ1n) is 12.7. The molecule has 0 spiro atoms. The van der Waals surface area contributed by atoms with E-state index in [4.69, 9.17) is 25.8 Å². The molecular formula is C26H36ClNO7S. The van der Waals surface area contributed by atoms with Gasteiger partial charge in [0.15, 0.2) is 6.29 Å². The number of carbonyl (C=O) groups is 1. The van der Waals surface area contributed by atoms with Crippen molar-refractivity contribution >= 4 is 27.6 Å². The summed E-state index contributed by atoms with van der Waals surface area (Å²) in [5, 5.41) is 10.8. The Morgan fingerprint density at radius 1 is 1.28 bits per heavy atom. The van der Waals surface area contributed by atoms with Crippen molar-refractivity contribution in [1.29, 1.82) is 0 Å². The van der Waals surface area contributed by atoms with Crippen molar-refractivity contribution in [3.63, 3.8) is 0 Å². The summed E-state index contributed by atoms with van der Waals surface area (Å²) in [6.45, 7) is 0.813. The number of ether oxygens (including phenoxy) is 3. The van der Waals surface area contributed by atoms with E-state index in [1.165, 1.54) is 19.2 Å². The minimum atomic E-state index is -3.78. The van der Waals surface area contributed by atoms with Gasteiger partial charge in [-0.15, -0.1) is 0 Å². The quantitative estimate of drug-likeness (QED) is 0.342. The molecule has 1 saturated heterocycles. The van der Waals surface area contributed by atoms with E-state index in [0.29, 0.717) is 24.5 Å². The number of allylic oxidation sites excluding steroid dienone is 1. The van der Waals surface area contributed by atoms with Crippen LogP contribution in [0.25, 0.3) is 0 Å². The maximum atomic E-state index is 13.1. The van der Waals surface area contributed by atoms with Gasteiger partial charge in [-0.05, 0) is 75.1 Å². The molecule has 0 bridgehead atoms. The first kappa shape index (κ1) is 27.5. The molecule has 10 heteroatoms. The lowest BCUT2D eigenvalue weighted by Gasteiger charge is -2.33. The lowest BCUT2D eigenvalue weighted by Crippen LogP contribution is -2.39. The summed E-state index contributed by atoms with van der Waals surface area (Å²) in [7, 11) is -2.41. The number of carbonyl (C=O) groups excluding carboxylic acids is 1. The van der Waals surface area contributed by atoms with Gasteiger partial charge in [0.1, 0.15) is 0 Å². The molecule has 2 aliphatic carbocycles. The van der Waals surface area contributed by atoms with E-state index in [2.05, 4.69) is 10.8 Å². The average Bonchev–Trinajstić information content (AvgIpc) is 3.37. The number of hydrogen-bond donors (Lipinski definition) is 2. The summed E-state index contributed by atoms with van der Waals surface area (Å²) in [6.07, 6.45) is 7.35. The van der Waals surface area contributed by atoms with Crippen LogP contribution in [0.4, 0.5) is 0 Å².